The summed E-state index contributed by atoms with van der Waals surface area (Å²) in [4.78, 5) is 2.46. The highest BCUT2D eigenvalue weighted by Crippen LogP contribution is 2.10. The van der Waals surface area contributed by atoms with Crippen molar-refractivity contribution >= 4 is 0 Å². The normalized spacial score (nSPS) is 29.9. The molecule has 1 heterocycles. The minimum atomic E-state index is 0.354. The van der Waals surface area contributed by atoms with Gasteiger partial charge in [0, 0.05) is 25.2 Å². The molecular formula is C11H21N3. The van der Waals surface area contributed by atoms with Crippen LogP contribution in [0, 0.1) is 17.2 Å². The number of hydrogen-bond acceptors (Lipinski definition) is 3. The zero-order valence-corrected chi connectivity index (χ0v) is 9.45. The minimum Gasteiger partial charge on any atom is -0.311 e. The third-order valence-corrected chi connectivity index (χ3v) is 2.82. The molecule has 0 aromatic carbocycles. The molecular weight excluding hydrogens is 174 g/mol. The summed E-state index contributed by atoms with van der Waals surface area (Å²) in [5.41, 5.74) is 0. The van der Waals surface area contributed by atoms with Crippen molar-refractivity contribution in [2.75, 3.05) is 19.6 Å². The van der Waals surface area contributed by atoms with E-state index in [0.717, 1.165) is 19.6 Å². The molecule has 3 heteroatoms. The molecule has 1 N–H and O–H groups in total. The van der Waals surface area contributed by atoms with Crippen molar-refractivity contribution in [1.29, 1.82) is 5.26 Å². The van der Waals surface area contributed by atoms with Gasteiger partial charge in [-0.2, -0.15) is 5.26 Å². The van der Waals surface area contributed by atoms with Crippen LogP contribution in [-0.4, -0.2) is 36.6 Å². The first-order chi connectivity index (χ1) is 6.63. The second-order valence-electron chi connectivity index (χ2n) is 4.62. The fourth-order valence-corrected chi connectivity index (χ4v) is 1.92. The van der Waals surface area contributed by atoms with Gasteiger partial charge in [0.25, 0.3) is 0 Å². The van der Waals surface area contributed by atoms with Gasteiger partial charge in [-0.3, -0.25) is 4.90 Å². The van der Waals surface area contributed by atoms with Crippen molar-refractivity contribution in [1.82, 2.24) is 10.2 Å². The molecule has 1 fully saturated rings. The van der Waals surface area contributed by atoms with E-state index in [9.17, 15) is 0 Å². The van der Waals surface area contributed by atoms with E-state index in [1.807, 2.05) is 0 Å². The van der Waals surface area contributed by atoms with Crippen LogP contribution in [0.2, 0.25) is 0 Å². The van der Waals surface area contributed by atoms with Crippen LogP contribution in [0.4, 0.5) is 0 Å². The van der Waals surface area contributed by atoms with Crippen LogP contribution < -0.4 is 5.32 Å². The van der Waals surface area contributed by atoms with Crippen molar-refractivity contribution in [3.8, 4) is 6.07 Å². The molecule has 0 aromatic heterocycles. The smallest absolute Gasteiger partial charge is 0.0638 e. The number of rotatable bonds is 2. The molecule has 0 aliphatic carbocycles. The highest BCUT2D eigenvalue weighted by Gasteiger charge is 2.22. The first-order valence-corrected chi connectivity index (χ1v) is 5.48. The topological polar surface area (TPSA) is 39.1 Å². The fraction of sp³-hybridized carbons (Fsp3) is 0.909. The van der Waals surface area contributed by atoms with E-state index in [1.165, 1.54) is 0 Å². The minimum absolute atomic E-state index is 0.354. The van der Waals surface area contributed by atoms with Gasteiger partial charge in [-0.05, 0) is 26.3 Å². The van der Waals surface area contributed by atoms with Crippen molar-refractivity contribution < 1.29 is 0 Å². The van der Waals surface area contributed by atoms with Crippen molar-refractivity contribution in [3.05, 3.63) is 0 Å². The summed E-state index contributed by atoms with van der Waals surface area (Å²) in [6.45, 7) is 9.90. The van der Waals surface area contributed by atoms with Gasteiger partial charge >= 0.3 is 0 Å². The molecule has 2 unspecified atom stereocenters. The molecule has 2 atom stereocenters. The summed E-state index contributed by atoms with van der Waals surface area (Å²) in [6, 6.07) is 3.19. The van der Waals surface area contributed by atoms with Crippen LogP contribution >= 0.6 is 0 Å². The third-order valence-electron chi connectivity index (χ3n) is 2.82. The second-order valence-corrected chi connectivity index (χ2v) is 4.62. The number of nitriles is 1. The summed E-state index contributed by atoms with van der Waals surface area (Å²) in [7, 11) is 0. The van der Waals surface area contributed by atoms with Crippen molar-refractivity contribution in [2.24, 2.45) is 5.92 Å². The van der Waals surface area contributed by atoms with Crippen molar-refractivity contribution in [3.63, 3.8) is 0 Å². The predicted molar refractivity (Wildman–Crippen MR) is 57.9 cm³/mol. The van der Waals surface area contributed by atoms with E-state index in [4.69, 9.17) is 5.26 Å². The van der Waals surface area contributed by atoms with Gasteiger partial charge in [0.05, 0.1) is 12.5 Å². The standard InChI is InChI=1S/C11H21N3/c1-9(2)14-7-10(3)6-13-11(8-14)4-5-12/h9-11,13H,4,6-8H2,1-3H3. The van der Waals surface area contributed by atoms with Gasteiger partial charge in [-0.25, -0.2) is 0 Å². The Morgan fingerprint density at radius 2 is 2.21 bits per heavy atom. The highest BCUT2D eigenvalue weighted by atomic mass is 15.2. The second kappa shape index (κ2) is 5.33. The van der Waals surface area contributed by atoms with Crippen LogP contribution in [0.1, 0.15) is 27.2 Å². The molecule has 0 spiro atoms. The van der Waals surface area contributed by atoms with Crippen LogP contribution in [-0.2, 0) is 0 Å². The van der Waals surface area contributed by atoms with Crippen LogP contribution in [0.5, 0.6) is 0 Å². The average Bonchev–Trinajstić information content (AvgIpc) is 2.29. The summed E-state index contributed by atoms with van der Waals surface area (Å²) in [6.07, 6.45) is 0.621. The molecule has 0 radical (unpaired) electrons. The molecule has 1 aliphatic heterocycles. The van der Waals surface area contributed by atoms with Gasteiger partial charge < -0.3 is 5.32 Å². The molecule has 80 valence electrons. The van der Waals surface area contributed by atoms with Crippen LogP contribution in [0.3, 0.4) is 0 Å². The Morgan fingerprint density at radius 1 is 1.50 bits per heavy atom. The average molecular weight is 195 g/mol. The zero-order valence-electron chi connectivity index (χ0n) is 9.45. The van der Waals surface area contributed by atoms with Crippen molar-refractivity contribution in [2.45, 2.75) is 39.3 Å². The number of hydrogen-bond donors (Lipinski definition) is 1. The monoisotopic (exact) mass is 195 g/mol. The lowest BCUT2D eigenvalue weighted by Crippen LogP contribution is -2.40. The van der Waals surface area contributed by atoms with E-state index in [2.05, 4.69) is 37.1 Å². The molecule has 14 heavy (non-hydrogen) atoms. The van der Waals surface area contributed by atoms with E-state index in [-0.39, 0.29) is 0 Å². The quantitative estimate of drug-likeness (QED) is 0.720. The summed E-state index contributed by atoms with van der Waals surface area (Å²) in [5.74, 6) is 0.682. The maximum absolute atomic E-state index is 8.69. The van der Waals surface area contributed by atoms with E-state index >= 15 is 0 Å². The SMILES string of the molecule is CC1CNC(CC#N)CN(C(C)C)C1. The molecule has 1 saturated heterocycles. The Bertz CT molecular complexity index is 207. The molecule has 3 nitrogen and oxygen atoms in total. The largest absolute Gasteiger partial charge is 0.311 e. The highest BCUT2D eigenvalue weighted by molar-refractivity contribution is 4.87. The molecule has 0 saturated carbocycles. The predicted octanol–water partition coefficient (Wildman–Crippen LogP) is 1.22. The van der Waals surface area contributed by atoms with E-state index in [1.54, 1.807) is 0 Å². The molecule has 0 aromatic rings. The first kappa shape index (κ1) is 11.5. The Hall–Kier alpha value is -0.590. The fourth-order valence-electron chi connectivity index (χ4n) is 1.92. The first-order valence-electron chi connectivity index (χ1n) is 5.48. The molecule has 0 amide bonds. The van der Waals surface area contributed by atoms with Gasteiger partial charge in [-0.15, -0.1) is 0 Å². The Kier molecular flexibility index (Phi) is 4.37. The summed E-state index contributed by atoms with van der Waals surface area (Å²) < 4.78 is 0. The van der Waals surface area contributed by atoms with Gasteiger partial charge in [0.2, 0.25) is 0 Å². The molecule has 0 bridgehead atoms. The third kappa shape index (κ3) is 3.28. The number of nitrogens with one attached hydrogen (secondary N) is 1. The van der Waals surface area contributed by atoms with E-state index in [0.29, 0.717) is 24.4 Å². The molecule has 1 aliphatic rings. The lowest BCUT2D eigenvalue weighted by atomic mass is 10.1. The van der Waals surface area contributed by atoms with Crippen LogP contribution in [0.15, 0.2) is 0 Å². The maximum Gasteiger partial charge on any atom is 0.0638 e. The van der Waals surface area contributed by atoms with Crippen LogP contribution in [0.25, 0.3) is 0 Å². The van der Waals surface area contributed by atoms with Gasteiger partial charge in [0.15, 0.2) is 0 Å². The maximum atomic E-state index is 8.69. The Labute approximate surface area is 87.1 Å². The lowest BCUT2D eigenvalue weighted by Gasteiger charge is -2.27. The molecule has 1 rings (SSSR count). The van der Waals surface area contributed by atoms with Gasteiger partial charge in [0.1, 0.15) is 0 Å². The Morgan fingerprint density at radius 3 is 2.79 bits per heavy atom. The summed E-state index contributed by atoms with van der Waals surface area (Å²) in [5, 5.41) is 12.1. The van der Waals surface area contributed by atoms with E-state index < -0.39 is 0 Å². The lowest BCUT2D eigenvalue weighted by molar-refractivity contribution is 0.201. The zero-order chi connectivity index (χ0) is 10.6. The van der Waals surface area contributed by atoms with Gasteiger partial charge in [-0.1, -0.05) is 6.92 Å². The number of nitrogens with zero attached hydrogens (tertiary/aromatic N) is 2. The Balaban J connectivity index is 2.55. The summed E-state index contributed by atoms with van der Waals surface area (Å²) >= 11 is 0.